The van der Waals surface area contributed by atoms with Gasteiger partial charge >= 0.3 is 0 Å². The standard InChI is InChI=1S/C20H24N2O2/c1-21(2)14-16-8-6-7-11-19(16)20(23)22-13-12-18(15-22)24-17-9-4-3-5-10-17/h3-11,18H,12-15H2,1-2H3/t18-/m1/s1. The average molecular weight is 324 g/mol. The highest BCUT2D eigenvalue weighted by Gasteiger charge is 2.29. The first-order chi connectivity index (χ1) is 11.6. The summed E-state index contributed by atoms with van der Waals surface area (Å²) in [6.07, 6.45) is 0.939. The van der Waals surface area contributed by atoms with Gasteiger partial charge in [0.2, 0.25) is 0 Å². The molecule has 1 fully saturated rings. The Morgan fingerprint density at radius 3 is 2.58 bits per heavy atom. The minimum Gasteiger partial charge on any atom is -0.489 e. The second-order valence-corrected chi connectivity index (χ2v) is 6.49. The third-order valence-electron chi connectivity index (χ3n) is 4.21. The molecule has 4 nitrogen and oxygen atoms in total. The summed E-state index contributed by atoms with van der Waals surface area (Å²) in [6, 6.07) is 17.7. The number of para-hydroxylation sites is 1. The molecule has 1 atom stereocenters. The van der Waals surface area contributed by atoms with Gasteiger partial charge in [0.25, 0.3) is 5.91 Å². The summed E-state index contributed by atoms with van der Waals surface area (Å²) in [5, 5.41) is 0. The fraction of sp³-hybridized carbons (Fsp3) is 0.350. The maximum absolute atomic E-state index is 12.9. The third kappa shape index (κ3) is 3.95. The van der Waals surface area contributed by atoms with Crippen molar-refractivity contribution >= 4 is 5.91 Å². The number of nitrogens with zero attached hydrogens (tertiary/aromatic N) is 2. The lowest BCUT2D eigenvalue weighted by molar-refractivity contribution is 0.0770. The summed E-state index contributed by atoms with van der Waals surface area (Å²) in [7, 11) is 4.03. The highest BCUT2D eigenvalue weighted by Crippen LogP contribution is 2.21. The van der Waals surface area contributed by atoms with Gasteiger partial charge in [-0.2, -0.15) is 0 Å². The lowest BCUT2D eigenvalue weighted by Gasteiger charge is -2.20. The number of hydrogen-bond acceptors (Lipinski definition) is 3. The highest BCUT2D eigenvalue weighted by molar-refractivity contribution is 5.95. The van der Waals surface area contributed by atoms with E-state index in [9.17, 15) is 4.79 Å². The van der Waals surface area contributed by atoms with Crippen LogP contribution in [0.1, 0.15) is 22.3 Å². The van der Waals surface area contributed by atoms with Gasteiger partial charge in [0.15, 0.2) is 0 Å². The Hall–Kier alpha value is -2.33. The molecule has 0 spiro atoms. The molecule has 0 radical (unpaired) electrons. The van der Waals surface area contributed by atoms with E-state index in [1.54, 1.807) is 0 Å². The number of amides is 1. The number of carbonyl (C=O) groups excluding carboxylic acids is 1. The van der Waals surface area contributed by atoms with Gasteiger partial charge in [-0.15, -0.1) is 0 Å². The van der Waals surface area contributed by atoms with Gasteiger partial charge in [-0.25, -0.2) is 0 Å². The Morgan fingerprint density at radius 2 is 1.83 bits per heavy atom. The molecule has 1 saturated heterocycles. The molecule has 2 aromatic carbocycles. The lowest BCUT2D eigenvalue weighted by Crippen LogP contribution is -2.32. The van der Waals surface area contributed by atoms with Gasteiger partial charge in [-0.05, 0) is 37.9 Å². The summed E-state index contributed by atoms with van der Waals surface area (Å²) in [6.45, 7) is 2.15. The molecule has 126 valence electrons. The van der Waals surface area contributed by atoms with Crippen molar-refractivity contribution in [1.82, 2.24) is 9.80 Å². The first-order valence-electron chi connectivity index (χ1n) is 8.37. The van der Waals surface area contributed by atoms with Gasteiger partial charge in [-0.3, -0.25) is 4.79 Å². The molecule has 0 aromatic heterocycles. The quantitative estimate of drug-likeness (QED) is 0.847. The molecule has 3 rings (SSSR count). The molecule has 1 aliphatic rings. The van der Waals surface area contributed by atoms with Crippen molar-refractivity contribution in [2.45, 2.75) is 19.1 Å². The molecule has 1 aliphatic heterocycles. The van der Waals surface area contributed by atoms with Crippen molar-refractivity contribution in [3.05, 3.63) is 65.7 Å². The van der Waals surface area contributed by atoms with Crippen molar-refractivity contribution in [2.75, 3.05) is 27.2 Å². The Bertz CT molecular complexity index is 685. The molecule has 1 heterocycles. The van der Waals surface area contributed by atoms with E-state index in [1.165, 1.54) is 0 Å². The smallest absolute Gasteiger partial charge is 0.254 e. The second kappa shape index (κ2) is 7.49. The van der Waals surface area contributed by atoms with E-state index < -0.39 is 0 Å². The molecule has 0 N–H and O–H groups in total. The van der Waals surface area contributed by atoms with Crippen LogP contribution < -0.4 is 4.74 Å². The number of ether oxygens (including phenoxy) is 1. The van der Waals surface area contributed by atoms with Crippen LogP contribution in [0, 0.1) is 0 Å². The van der Waals surface area contributed by atoms with Crippen LogP contribution >= 0.6 is 0 Å². The second-order valence-electron chi connectivity index (χ2n) is 6.49. The molecular formula is C20H24N2O2. The van der Waals surface area contributed by atoms with Gasteiger partial charge in [0, 0.05) is 25.1 Å². The van der Waals surface area contributed by atoms with Crippen LogP contribution in [0.25, 0.3) is 0 Å². The van der Waals surface area contributed by atoms with E-state index in [-0.39, 0.29) is 12.0 Å². The maximum Gasteiger partial charge on any atom is 0.254 e. The highest BCUT2D eigenvalue weighted by atomic mass is 16.5. The van der Waals surface area contributed by atoms with Crippen molar-refractivity contribution in [3.8, 4) is 5.75 Å². The van der Waals surface area contributed by atoms with Crippen molar-refractivity contribution in [1.29, 1.82) is 0 Å². The molecule has 2 aromatic rings. The third-order valence-corrected chi connectivity index (χ3v) is 4.21. The molecule has 0 aliphatic carbocycles. The van der Waals surface area contributed by atoms with E-state index >= 15 is 0 Å². The first-order valence-corrected chi connectivity index (χ1v) is 8.37. The van der Waals surface area contributed by atoms with Crippen LogP contribution in [0.2, 0.25) is 0 Å². The molecule has 4 heteroatoms. The van der Waals surface area contributed by atoms with Gasteiger partial charge in [-0.1, -0.05) is 36.4 Å². The largest absolute Gasteiger partial charge is 0.489 e. The van der Waals surface area contributed by atoms with E-state index in [0.29, 0.717) is 6.54 Å². The summed E-state index contributed by atoms with van der Waals surface area (Å²) in [5.74, 6) is 0.969. The van der Waals surface area contributed by atoms with Crippen molar-refractivity contribution < 1.29 is 9.53 Å². The number of rotatable bonds is 5. The summed E-state index contributed by atoms with van der Waals surface area (Å²) >= 11 is 0. The van der Waals surface area contributed by atoms with E-state index in [2.05, 4.69) is 4.90 Å². The molecular weight excluding hydrogens is 300 g/mol. The van der Waals surface area contributed by atoms with Crippen LogP contribution in [0.4, 0.5) is 0 Å². The average Bonchev–Trinajstić information content (AvgIpc) is 3.03. The number of likely N-dealkylation sites (tertiary alicyclic amines) is 1. The summed E-state index contributed by atoms with van der Waals surface area (Å²) < 4.78 is 5.98. The Kier molecular flexibility index (Phi) is 5.16. The minimum absolute atomic E-state index is 0.0670. The Morgan fingerprint density at radius 1 is 1.12 bits per heavy atom. The van der Waals surface area contributed by atoms with E-state index in [4.69, 9.17) is 4.74 Å². The van der Waals surface area contributed by atoms with Gasteiger partial charge in [0.05, 0.1) is 6.54 Å². The van der Waals surface area contributed by atoms with Crippen molar-refractivity contribution in [2.24, 2.45) is 0 Å². The topological polar surface area (TPSA) is 32.8 Å². The minimum atomic E-state index is 0.0670. The van der Waals surface area contributed by atoms with E-state index in [1.807, 2.05) is 73.6 Å². The Labute approximate surface area is 143 Å². The predicted octanol–water partition coefficient (Wildman–Crippen LogP) is 3.04. The van der Waals surface area contributed by atoms with Crippen LogP contribution in [0.15, 0.2) is 54.6 Å². The monoisotopic (exact) mass is 324 g/mol. The number of hydrogen-bond donors (Lipinski definition) is 0. The van der Waals surface area contributed by atoms with Crippen LogP contribution in [-0.4, -0.2) is 49.0 Å². The predicted molar refractivity (Wildman–Crippen MR) is 95.2 cm³/mol. The van der Waals surface area contributed by atoms with Crippen LogP contribution in [0.3, 0.4) is 0 Å². The fourth-order valence-electron chi connectivity index (χ4n) is 3.08. The number of carbonyl (C=O) groups is 1. The molecule has 0 unspecified atom stereocenters. The normalized spacial score (nSPS) is 17.3. The molecule has 0 saturated carbocycles. The Balaban J connectivity index is 1.66. The lowest BCUT2D eigenvalue weighted by atomic mass is 10.1. The zero-order valence-corrected chi connectivity index (χ0v) is 14.3. The molecule has 24 heavy (non-hydrogen) atoms. The summed E-state index contributed by atoms with van der Waals surface area (Å²) in [5.41, 5.74) is 1.87. The maximum atomic E-state index is 12.9. The van der Waals surface area contributed by atoms with Crippen molar-refractivity contribution in [3.63, 3.8) is 0 Å². The SMILES string of the molecule is CN(C)Cc1ccccc1C(=O)N1CC[C@@H](Oc2ccccc2)C1. The van der Waals surface area contributed by atoms with Crippen LogP contribution in [-0.2, 0) is 6.54 Å². The van der Waals surface area contributed by atoms with Gasteiger partial charge in [0.1, 0.15) is 11.9 Å². The van der Waals surface area contributed by atoms with E-state index in [0.717, 1.165) is 36.4 Å². The molecule has 1 amide bonds. The van der Waals surface area contributed by atoms with Gasteiger partial charge < -0.3 is 14.5 Å². The van der Waals surface area contributed by atoms with Crippen LogP contribution in [0.5, 0.6) is 5.75 Å². The fourth-order valence-corrected chi connectivity index (χ4v) is 3.08. The molecule has 0 bridgehead atoms. The first kappa shape index (κ1) is 16.5. The number of benzene rings is 2. The summed E-state index contributed by atoms with van der Waals surface area (Å²) in [4.78, 5) is 16.9. The zero-order valence-electron chi connectivity index (χ0n) is 14.3. The zero-order chi connectivity index (χ0) is 16.9.